The van der Waals surface area contributed by atoms with Crippen molar-refractivity contribution >= 4 is 17.4 Å². The van der Waals surface area contributed by atoms with Crippen molar-refractivity contribution in [1.82, 2.24) is 4.98 Å². The SMILES string of the molecule is COc1ccccc1CCNc1ccc(NC(=O)C2CCOCC2)nc1. The molecule has 0 saturated carbocycles. The van der Waals surface area contributed by atoms with E-state index in [0.717, 1.165) is 42.8 Å². The van der Waals surface area contributed by atoms with Crippen LogP contribution in [0, 0.1) is 5.92 Å². The van der Waals surface area contributed by atoms with Gasteiger partial charge in [-0.2, -0.15) is 0 Å². The van der Waals surface area contributed by atoms with Gasteiger partial charge in [0.25, 0.3) is 0 Å². The van der Waals surface area contributed by atoms with E-state index in [9.17, 15) is 4.79 Å². The number of amides is 1. The third kappa shape index (κ3) is 4.95. The number of carbonyl (C=O) groups is 1. The van der Waals surface area contributed by atoms with Crippen molar-refractivity contribution in [3.63, 3.8) is 0 Å². The zero-order chi connectivity index (χ0) is 18.2. The topological polar surface area (TPSA) is 72.5 Å². The van der Waals surface area contributed by atoms with Gasteiger partial charge < -0.3 is 20.1 Å². The minimum absolute atomic E-state index is 0.0178. The number of ether oxygens (including phenoxy) is 2. The van der Waals surface area contributed by atoms with Crippen molar-refractivity contribution in [2.24, 2.45) is 5.92 Å². The van der Waals surface area contributed by atoms with Crippen LogP contribution in [-0.2, 0) is 16.0 Å². The summed E-state index contributed by atoms with van der Waals surface area (Å²) >= 11 is 0. The number of methoxy groups -OCH3 is 1. The van der Waals surface area contributed by atoms with Gasteiger partial charge in [0.1, 0.15) is 11.6 Å². The highest BCUT2D eigenvalue weighted by atomic mass is 16.5. The zero-order valence-electron chi connectivity index (χ0n) is 15.0. The Bertz CT molecular complexity index is 712. The van der Waals surface area contributed by atoms with Gasteiger partial charge in [0.2, 0.25) is 5.91 Å². The van der Waals surface area contributed by atoms with Crippen LogP contribution in [0.1, 0.15) is 18.4 Å². The second-order valence-corrected chi connectivity index (χ2v) is 6.30. The molecule has 1 aromatic heterocycles. The molecule has 1 amide bonds. The van der Waals surface area contributed by atoms with Crippen molar-refractivity contribution in [1.29, 1.82) is 0 Å². The standard InChI is InChI=1S/C20H25N3O3/c1-25-18-5-3-2-4-15(18)8-11-21-17-6-7-19(22-14-17)23-20(24)16-9-12-26-13-10-16/h2-7,14,16,21H,8-13H2,1H3,(H,22,23,24). The molecule has 0 spiro atoms. The molecule has 3 rings (SSSR count). The van der Waals surface area contributed by atoms with Gasteiger partial charge in [0, 0.05) is 25.7 Å². The van der Waals surface area contributed by atoms with Gasteiger partial charge >= 0.3 is 0 Å². The predicted octanol–water partition coefficient (Wildman–Crippen LogP) is 3.11. The summed E-state index contributed by atoms with van der Waals surface area (Å²) in [6, 6.07) is 11.8. The van der Waals surface area contributed by atoms with E-state index < -0.39 is 0 Å². The minimum Gasteiger partial charge on any atom is -0.496 e. The van der Waals surface area contributed by atoms with E-state index in [1.807, 2.05) is 30.3 Å². The number of nitrogens with zero attached hydrogens (tertiary/aromatic N) is 1. The molecule has 2 aromatic rings. The van der Waals surface area contributed by atoms with Gasteiger partial charge in [-0.25, -0.2) is 4.98 Å². The molecule has 0 radical (unpaired) electrons. The van der Waals surface area contributed by atoms with Crippen LogP contribution < -0.4 is 15.4 Å². The second-order valence-electron chi connectivity index (χ2n) is 6.30. The predicted molar refractivity (Wildman–Crippen MR) is 102 cm³/mol. The third-order valence-electron chi connectivity index (χ3n) is 4.52. The van der Waals surface area contributed by atoms with Crippen molar-refractivity contribution in [3.05, 3.63) is 48.2 Å². The van der Waals surface area contributed by atoms with Crippen LogP contribution in [0.3, 0.4) is 0 Å². The highest BCUT2D eigenvalue weighted by molar-refractivity contribution is 5.91. The molecular formula is C20H25N3O3. The van der Waals surface area contributed by atoms with Gasteiger partial charge in [-0.05, 0) is 43.0 Å². The first-order valence-corrected chi connectivity index (χ1v) is 8.96. The van der Waals surface area contributed by atoms with E-state index in [2.05, 4.69) is 21.7 Å². The van der Waals surface area contributed by atoms with E-state index in [-0.39, 0.29) is 11.8 Å². The Morgan fingerprint density at radius 2 is 2.04 bits per heavy atom. The molecule has 0 atom stereocenters. The normalized spacial score (nSPS) is 14.7. The van der Waals surface area contributed by atoms with Gasteiger partial charge in [-0.3, -0.25) is 4.79 Å². The molecule has 1 aliphatic heterocycles. The lowest BCUT2D eigenvalue weighted by Crippen LogP contribution is -2.28. The Kier molecular flexibility index (Phi) is 6.44. The summed E-state index contributed by atoms with van der Waals surface area (Å²) in [5, 5.41) is 6.23. The maximum absolute atomic E-state index is 12.2. The maximum atomic E-state index is 12.2. The Balaban J connectivity index is 1.47. The molecule has 0 unspecified atom stereocenters. The summed E-state index contributed by atoms with van der Waals surface area (Å²) in [4.78, 5) is 16.5. The highest BCUT2D eigenvalue weighted by Gasteiger charge is 2.21. The van der Waals surface area contributed by atoms with E-state index in [0.29, 0.717) is 19.0 Å². The first kappa shape index (κ1) is 18.2. The third-order valence-corrected chi connectivity index (χ3v) is 4.52. The summed E-state index contributed by atoms with van der Waals surface area (Å²) in [6.45, 7) is 2.08. The van der Waals surface area contributed by atoms with E-state index >= 15 is 0 Å². The number of anilines is 2. The summed E-state index contributed by atoms with van der Waals surface area (Å²) in [7, 11) is 1.68. The number of pyridine rings is 1. The Labute approximate surface area is 153 Å². The molecule has 1 saturated heterocycles. The van der Waals surface area contributed by atoms with Gasteiger partial charge in [-0.1, -0.05) is 18.2 Å². The number of rotatable bonds is 7. The fourth-order valence-corrected chi connectivity index (χ4v) is 3.01. The largest absolute Gasteiger partial charge is 0.496 e. The van der Waals surface area contributed by atoms with E-state index in [1.165, 1.54) is 0 Å². The summed E-state index contributed by atoms with van der Waals surface area (Å²) in [5.74, 6) is 1.53. The number of para-hydroxylation sites is 1. The smallest absolute Gasteiger partial charge is 0.228 e. The highest BCUT2D eigenvalue weighted by Crippen LogP contribution is 2.19. The average Bonchev–Trinajstić information content (AvgIpc) is 2.70. The lowest BCUT2D eigenvalue weighted by Gasteiger charge is -2.20. The summed E-state index contributed by atoms with van der Waals surface area (Å²) in [5.41, 5.74) is 2.08. The fraction of sp³-hybridized carbons (Fsp3) is 0.400. The Morgan fingerprint density at radius 1 is 1.23 bits per heavy atom. The van der Waals surface area contributed by atoms with Gasteiger partial charge in [0.05, 0.1) is 19.0 Å². The summed E-state index contributed by atoms with van der Waals surface area (Å²) < 4.78 is 10.7. The number of aromatic nitrogens is 1. The molecule has 1 fully saturated rings. The molecule has 6 heteroatoms. The molecule has 0 aliphatic carbocycles. The number of hydrogen-bond donors (Lipinski definition) is 2. The summed E-state index contributed by atoms with van der Waals surface area (Å²) in [6.07, 6.45) is 4.14. The van der Waals surface area contributed by atoms with Crippen LogP contribution >= 0.6 is 0 Å². The van der Waals surface area contributed by atoms with Crippen LogP contribution in [-0.4, -0.2) is 37.8 Å². The Hall–Kier alpha value is -2.60. The second kappa shape index (κ2) is 9.20. The lowest BCUT2D eigenvalue weighted by molar-refractivity contribution is -0.122. The first-order valence-electron chi connectivity index (χ1n) is 8.96. The molecule has 2 heterocycles. The Morgan fingerprint density at radius 3 is 2.77 bits per heavy atom. The number of hydrogen-bond acceptors (Lipinski definition) is 5. The van der Waals surface area contributed by atoms with E-state index in [4.69, 9.17) is 9.47 Å². The van der Waals surface area contributed by atoms with Gasteiger partial charge in [-0.15, -0.1) is 0 Å². The molecule has 6 nitrogen and oxygen atoms in total. The van der Waals surface area contributed by atoms with Crippen LogP contribution in [0.2, 0.25) is 0 Å². The van der Waals surface area contributed by atoms with Crippen LogP contribution in [0.25, 0.3) is 0 Å². The van der Waals surface area contributed by atoms with Crippen LogP contribution in [0.15, 0.2) is 42.6 Å². The van der Waals surface area contributed by atoms with Crippen molar-refractivity contribution in [2.75, 3.05) is 37.5 Å². The first-order chi connectivity index (χ1) is 12.8. The lowest BCUT2D eigenvalue weighted by atomic mass is 9.99. The monoisotopic (exact) mass is 355 g/mol. The van der Waals surface area contributed by atoms with Gasteiger partial charge in [0.15, 0.2) is 0 Å². The molecule has 26 heavy (non-hydrogen) atoms. The molecule has 138 valence electrons. The van der Waals surface area contributed by atoms with Crippen LogP contribution in [0.4, 0.5) is 11.5 Å². The fourth-order valence-electron chi connectivity index (χ4n) is 3.01. The number of benzene rings is 1. The number of carbonyl (C=O) groups excluding carboxylic acids is 1. The maximum Gasteiger partial charge on any atom is 0.228 e. The molecule has 1 aliphatic rings. The average molecular weight is 355 g/mol. The quantitative estimate of drug-likeness (QED) is 0.798. The molecule has 0 bridgehead atoms. The molecule has 1 aromatic carbocycles. The number of nitrogens with one attached hydrogen (secondary N) is 2. The zero-order valence-corrected chi connectivity index (χ0v) is 15.0. The van der Waals surface area contributed by atoms with Crippen molar-refractivity contribution < 1.29 is 14.3 Å². The van der Waals surface area contributed by atoms with Crippen molar-refractivity contribution in [2.45, 2.75) is 19.3 Å². The molecular weight excluding hydrogens is 330 g/mol. The van der Waals surface area contributed by atoms with E-state index in [1.54, 1.807) is 13.3 Å². The van der Waals surface area contributed by atoms with Crippen molar-refractivity contribution in [3.8, 4) is 5.75 Å². The minimum atomic E-state index is 0.0178. The van der Waals surface area contributed by atoms with Crippen LogP contribution in [0.5, 0.6) is 5.75 Å². The molecule has 2 N–H and O–H groups in total.